The zero-order valence-corrected chi connectivity index (χ0v) is 17.4. The smallest absolute Gasteiger partial charge is 0.323 e. The summed E-state index contributed by atoms with van der Waals surface area (Å²) in [6.45, 7) is -0.0621. The van der Waals surface area contributed by atoms with Gasteiger partial charge in [0.1, 0.15) is 23.2 Å². The first-order chi connectivity index (χ1) is 14.5. The Morgan fingerprint density at radius 2 is 1.80 bits per heavy atom. The van der Waals surface area contributed by atoms with Gasteiger partial charge in [0, 0.05) is 5.56 Å². The summed E-state index contributed by atoms with van der Waals surface area (Å²) in [5, 5.41) is 11.3. The predicted octanol–water partition coefficient (Wildman–Crippen LogP) is 4.70. The Hall–Kier alpha value is -3.16. The van der Waals surface area contributed by atoms with Gasteiger partial charge in [0.25, 0.3) is 5.91 Å². The number of carboxylic acids is 1. The fourth-order valence-electron chi connectivity index (χ4n) is 3.22. The maximum Gasteiger partial charge on any atom is 0.323 e. The molecular formula is C23H17NO4S2. The lowest BCUT2D eigenvalue weighted by molar-refractivity contribution is -0.140. The molecule has 1 saturated heterocycles. The van der Waals surface area contributed by atoms with Crippen LogP contribution >= 0.6 is 24.0 Å². The van der Waals surface area contributed by atoms with Gasteiger partial charge in [0.05, 0.1) is 4.91 Å². The second-order valence-corrected chi connectivity index (χ2v) is 8.30. The fraction of sp³-hybridized carbons (Fsp3) is 0.0870. The van der Waals surface area contributed by atoms with Crippen LogP contribution in [0.15, 0.2) is 71.6 Å². The topological polar surface area (TPSA) is 66.8 Å². The Kier molecular flexibility index (Phi) is 5.83. The van der Waals surface area contributed by atoms with Crippen molar-refractivity contribution in [2.24, 2.45) is 0 Å². The molecule has 1 amide bonds. The number of amides is 1. The summed E-state index contributed by atoms with van der Waals surface area (Å²) >= 11 is 6.25. The van der Waals surface area contributed by atoms with E-state index in [1.54, 1.807) is 6.08 Å². The number of benzene rings is 3. The predicted molar refractivity (Wildman–Crippen MR) is 122 cm³/mol. The molecule has 1 fully saturated rings. The van der Waals surface area contributed by atoms with Crippen molar-refractivity contribution in [2.45, 2.75) is 6.61 Å². The van der Waals surface area contributed by atoms with Crippen LogP contribution in [-0.2, 0) is 16.2 Å². The number of hydrogen-bond donors (Lipinski definition) is 1. The van der Waals surface area contributed by atoms with Crippen LogP contribution in [0.1, 0.15) is 11.1 Å². The molecule has 4 rings (SSSR count). The van der Waals surface area contributed by atoms with E-state index in [1.807, 2.05) is 48.5 Å². The summed E-state index contributed by atoms with van der Waals surface area (Å²) in [6, 6.07) is 21.6. The number of thioether (sulfide) groups is 1. The van der Waals surface area contributed by atoms with Gasteiger partial charge in [-0.1, -0.05) is 84.6 Å². The molecule has 3 aromatic rings. The van der Waals surface area contributed by atoms with Crippen molar-refractivity contribution in [3.8, 4) is 5.75 Å². The largest absolute Gasteiger partial charge is 0.488 e. The molecular weight excluding hydrogens is 418 g/mol. The fourth-order valence-corrected chi connectivity index (χ4v) is 4.46. The highest BCUT2D eigenvalue weighted by Gasteiger charge is 2.33. The average molecular weight is 436 g/mol. The third kappa shape index (κ3) is 4.22. The maximum atomic E-state index is 12.5. The number of aliphatic carboxylic acids is 1. The molecule has 7 heteroatoms. The Balaban J connectivity index is 1.57. The number of thiocarbonyl (C=S) groups is 1. The monoisotopic (exact) mass is 435 g/mol. The number of fused-ring (bicyclic) bond motifs is 1. The summed E-state index contributed by atoms with van der Waals surface area (Å²) in [4.78, 5) is 25.0. The zero-order valence-electron chi connectivity index (χ0n) is 15.8. The number of carbonyl (C=O) groups is 2. The quantitative estimate of drug-likeness (QED) is 0.447. The number of rotatable bonds is 6. The molecule has 30 heavy (non-hydrogen) atoms. The molecule has 0 aromatic heterocycles. The van der Waals surface area contributed by atoms with Gasteiger partial charge >= 0.3 is 5.97 Å². The number of para-hydroxylation sites is 1. The van der Waals surface area contributed by atoms with Gasteiger partial charge in [0.15, 0.2) is 0 Å². The van der Waals surface area contributed by atoms with Gasteiger partial charge in [-0.25, -0.2) is 0 Å². The van der Waals surface area contributed by atoms with Crippen LogP contribution in [0.4, 0.5) is 0 Å². The van der Waals surface area contributed by atoms with Crippen LogP contribution in [0, 0.1) is 0 Å². The van der Waals surface area contributed by atoms with Gasteiger partial charge < -0.3 is 9.84 Å². The minimum atomic E-state index is -1.11. The van der Waals surface area contributed by atoms with Gasteiger partial charge in [-0.3, -0.25) is 14.5 Å². The van der Waals surface area contributed by atoms with Crippen molar-refractivity contribution >= 4 is 57.0 Å². The third-order valence-electron chi connectivity index (χ3n) is 4.64. The van der Waals surface area contributed by atoms with E-state index in [4.69, 9.17) is 22.1 Å². The lowest BCUT2D eigenvalue weighted by atomic mass is 10.1. The highest BCUT2D eigenvalue weighted by atomic mass is 32.2. The average Bonchev–Trinajstić information content (AvgIpc) is 3.00. The van der Waals surface area contributed by atoms with E-state index < -0.39 is 18.4 Å². The molecule has 0 bridgehead atoms. The van der Waals surface area contributed by atoms with Crippen LogP contribution in [0.2, 0.25) is 0 Å². The number of carbonyl (C=O) groups excluding carboxylic acids is 1. The minimum Gasteiger partial charge on any atom is -0.488 e. The van der Waals surface area contributed by atoms with Gasteiger partial charge in [0.2, 0.25) is 0 Å². The summed E-state index contributed by atoms with van der Waals surface area (Å²) < 4.78 is 6.33. The highest BCUT2D eigenvalue weighted by molar-refractivity contribution is 8.26. The highest BCUT2D eigenvalue weighted by Crippen LogP contribution is 2.34. The van der Waals surface area contributed by atoms with Crippen molar-refractivity contribution < 1.29 is 19.4 Å². The summed E-state index contributed by atoms with van der Waals surface area (Å²) in [5.74, 6) is -0.878. The van der Waals surface area contributed by atoms with Crippen molar-refractivity contribution in [1.29, 1.82) is 0 Å². The van der Waals surface area contributed by atoms with E-state index in [9.17, 15) is 9.59 Å². The van der Waals surface area contributed by atoms with Gasteiger partial charge in [-0.05, 0) is 28.5 Å². The van der Waals surface area contributed by atoms with Crippen LogP contribution in [0.5, 0.6) is 5.75 Å². The lowest BCUT2D eigenvalue weighted by Gasteiger charge is -2.12. The second kappa shape index (κ2) is 8.69. The van der Waals surface area contributed by atoms with Crippen LogP contribution in [0.25, 0.3) is 16.8 Å². The van der Waals surface area contributed by atoms with E-state index in [0.717, 1.165) is 38.6 Å². The van der Waals surface area contributed by atoms with Crippen molar-refractivity contribution in [3.63, 3.8) is 0 Å². The summed E-state index contributed by atoms with van der Waals surface area (Å²) in [6.07, 6.45) is 1.69. The number of hydrogen-bond acceptors (Lipinski definition) is 5. The van der Waals surface area contributed by atoms with Crippen molar-refractivity contribution in [2.75, 3.05) is 6.54 Å². The number of nitrogens with zero attached hydrogens (tertiary/aromatic N) is 1. The molecule has 5 nitrogen and oxygen atoms in total. The number of carboxylic acid groups (broad SMARTS) is 1. The van der Waals surface area contributed by atoms with E-state index >= 15 is 0 Å². The normalized spacial score (nSPS) is 15.2. The molecule has 150 valence electrons. The van der Waals surface area contributed by atoms with Crippen LogP contribution in [-0.4, -0.2) is 32.7 Å². The van der Waals surface area contributed by atoms with E-state index in [0.29, 0.717) is 17.3 Å². The molecule has 0 saturated carbocycles. The van der Waals surface area contributed by atoms with Crippen molar-refractivity contribution in [1.82, 2.24) is 4.90 Å². The number of ether oxygens (including phenoxy) is 1. The Labute approximate surface area is 183 Å². The lowest BCUT2D eigenvalue weighted by Crippen LogP contribution is -2.33. The van der Waals surface area contributed by atoms with E-state index in [-0.39, 0.29) is 4.32 Å². The molecule has 1 N–H and O–H groups in total. The first kappa shape index (κ1) is 20.1. The Morgan fingerprint density at radius 3 is 2.63 bits per heavy atom. The first-order valence-electron chi connectivity index (χ1n) is 9.18. The molecule has 1 aliphatic rings. The van der Waals surface area contributed by atoms with Gasteiger partial charge in [-0.15, -0.1) is 0 Å². The molecule has 0 aliphatic carbocycles. The third-order valence-corrected chi connectivity index (χ3v) is 6.01. The molecule has 1 heterocycles. The Bertz CT molecular complexity index is 1180. The van der Waals surface area contributed by atoms with Crippen LogP contribution < -0.4 is 4.74 Å². The van der Waals surface area contributed by atoms with E-state index in [2.05, 4.69) is 18.2 Å². The molecule has 1 aliphatic heterocycles. The first-order valence-corrected chi connectivity index (χ1v) is 10.4. The van der Waals surface area contributed by atoms with E-state index in [1.165, 1.54) is 0 Å². The Morgan fingerprint density at radius 1 is 1.07 bits per heavy atom. The maximum absolute atomic E-state index is 12.5. The molecule has 0 unspecified atom stereocenters. The molecule has 0 atom stereocenters. The standard InChI is InChI=1S/C23H17NO4S2/c25-21(26)13-24-22(27)20(30-23(24)29)12-16-7-2-4-11-19(16)28-14-17-9-5-8-15-6-1-3-10-18(15)17/h1-12H,13-14H2,(H,25,26). The second-order valence-electron chi connectivity index (χ2n) is 6.63. The molecule has 0 spiro atoms. The minimum absolute atomic E-state index is 0.239. The molecule has 3 aromatic carbocycles. The van der Waals surface area contributed by atoms with Crippen LogP contribution in [0.3, 0.4) is 0 Å². The summed E-state index contributed by atoms with van der Waals surface area (Å²) in [5.41, 5.74) is 1.80. The zero-order chi connectivity index (χ0) is 21.1. The molecule has 0 radical (unpaired) electrons. The van der Waals surface area contributed by atoms with Crippen molar-refractivity contribution in [3.05, 3.63) is 82.8 Å². The summed E-state index contributed by atoms with van der Waals surface area (Å²) in [7, 11) is 0. The SMILES string of the molecule is O=C(O)CN1C(=O)C(=Cc2ccccc2OCc2cccc3ccccc23)SC1=S. The van der Waals surface area contributed by atoms with Gasteiger partial charge in [-0.2, -0.15) is 0 Å².